The fourth-order valence-corrected chi connectivity index (χ4v) is 4.53. The number of thiocarbonyl (C=S) groups is 1. The molecule has 5 rings (SSSR count). The number of aromatic amines is 1. The van der Waals surface area contributed by atoms with Gasteiger partial charge in [-0.3, -0.25) is 4.79 Å². The van der Waals surface area contributed by atoms with Crippen molar-refractivity contribution in [1.82, 2.24) is 9.88 Å². The zero-order chi connectivity index (χ0) is 25.2. The number of nitrogens with zero attached hydrogens (tertiary/aromatic N) is 1. The number of methoxy groups -OCH3 is 1. The SMILES string of the molecule is COc1ccc2[nH]c(=O)c(CN(Cc3ccc4c(c3)OCO4)C(=S)Nc3ccc(C)cc3C)cc2c1. The van der Waals surface area contributed by atoms with Crippen LogP contribution in [0, 0.1) is 13.8 Å². The van der Waals surface area contributed by atoms with Gasteiger partial charge in [0.15, 0.2) is 16.6 Å². The van der Waals surface area contributed by atoms with Gasteiger partial charge in [0, 0.05) is 28.7 Å². The first-order chi connectivity index (χ1) is 17.4. The van der Waals surface area contributed by atoms with Gasteiger partial charge in [0.05, 0.1) is 13.7 Å². The summed E-state index contributed by atoms with van der Waals surface area (Å²) in [6.07, 6.45) is 0. The Morgan fingerprint density at radius 3 is 2.67 bits per heavy atom. The molecule has 0 saturated heterocycles. The third-order valence-electron chi connectivity index (χ3n) is 6.21. The fourth-order valence-electron chi connectivity index (χ4n) is 4.29. The van der Waals surface area contributed by atoms with Crippen LogP contribution in [0.5, 0.6) is 17.2 Å². The summed E-state index contributed by atoms with van der Waals surface area (Å²) in [5.41, 5.74) is 5.39. The van der Waals surface area contributed by atoms with Crippen LogP contribution in [0.25, 0.3) is 10.9 Å². The molecule has 0 radical (unpaired) electrons. The molecule has 3 aromatic carbocycles. The second-order valence-corrected chi connectivity index (χ2v) is 9.26. The summed E-state index contributed by atoms with van der Waals surface area (Å²) in [5, 5.41) is 4.78. The van der Waals surface area contributed by atoms with E-state index in [-0.39, 0.29) is 12.4 Å². The lowest BCUT2D eigenvalue weighted by atomic mass is 10.1. The highest BCUT2D eigenvalue weighted by Crippen LogP contribution is 2.33. The Bertz CT molecular complexity index is 1510. The Labute approximate surface area is 214 Å². The first-order valence-electron chi connectivity index (χ1n) is 11.6. The van der Waals surface area contributed by atoms with E-state index in [1.807, 2.05) is 66.4 Å². The number of H-pyrrole nitrogens is 1. The van der Waals surface area contributed by atoms with Crippen molar-refractivity contribution in [2.24, 2.45) is 0 Å². The molecule has 1 aromatic heterocycles. The Kier molecular flexibility index (Phi) is 6.52. The van der Waals surface area contributed by atoms with E-state index < -0.39 is 0 Å². The van der Waals surface area contributed by atoms with E-state index >= 15 is 0 Å². The molecule has 0 atom stereocenters. The Balaban J connectivity index is 1.47. The molecule has 4 aromatic rings. The first-order valence-corrected chi connectivity index (χ1v) is 12.0. The van der Waals surface area contributed by atoms with Crippen molar-refractivity contribution in [3.63, 3.8) is 0 Å². The number of aryl methyl sites for hydroxylation is 2. The average Bonchev–Trinajstić information content (AvgIpc) is 3.33. The largest absolute Gasteiger partial charge is 0.497 e. The topological polar surface area (TPSA) is 75.8 Å². The van der Waals surface area contributed by atoms with Crippen LogP contribution in [0.2, 0.25) is 0 Å². The van der Waals surface area contributed by atoms with Crippen molar-refractivity contribution in [1.29, 1.82) is 0 Å². The van der Waals surface area contributed by atoms with Crippen LogP contribution in [0.4, 0.5) is 5.69 Å². The minimum Gasteiger partial charge on any atom is -0.497 e. The molecule has 0 fully saturated rings. The van der Waals surface area contributed by atoms with Crippen LogP contribution in [0.3, 0.4) is 0 Å². The Hall–Kier alpha value is -4.04. The highest BCUT2D eigenvalue weighted by molar-refractivity contribution is 7.80. The van der Waals surface area contributed by atoms with E-state index in [1.54, 1.807) is 7.11 Å². The highest BCUT2D eigenvalue weighted by Gasteiger charge is 2.18. The molecule has 0 saturated carbocycles. The summed E-state index contributed by atoms with van der Waals surface area (Å²) >= 11 is 5.85. The maximum Gasteiger partial charge on any atom is 0.253 e. The molecule has 0 bridgehead atoms. The number of anilines is 1. The predicted octanol–water partition coefficient (Wildman–Crippen LogP) is 5.28. The van der Waals surface area contributed by atoms with Crippen molar-refractivity contribution in [2.75, 3.05) is 19.2 Å². The summed E-state index contributed by atoms with van der Waals surface area (Å²) < 4.78 is 16.4. The predicted molar refractivity (Wildman–Crippen MR) is 145 cm³/mol. The van der Waals surface area contributed by atoms with Gasteiger partial charge in [-0.15, -0.1) is 0 Å². The summed E-state index contributed by atoms with van der Waals surface area (Å²) in [5.74, 6) is 2.15. The number of hydrogen-bond acceptors (Lipinski definition) is 5. The number of fused-ring (bicyclic) bond motifs is 2. The van der Waals surface area contributed by atoms with E-state index in [0.717, 1.165) is 39.2 Å². The van der Waals surface area contributed by atoms with E-state index in [2.05, 4.69) is 23.3 Å². The summed E-state index contributed by atoms with van der Waals surface area (Å²) in [6.45, 7) is 5.10. The molecule has 1 aliphatic heterocycles. The number of benzene rings is 3. The van der Waals surface area contributed by atoms with Crippen molar-refractivity contribution in [2.45, 2.75) is 26.9 Å². The van der Waals surface area contributed by atoms with E-state index in [4.69, 9.17) is 26.4 Å². The third kappa shape index (κ3) is 4.99. The van der Waals surface area contributed by atoms with Gasteiger partial charge in [0.1, 0.15) is 5.75 Å². The molecule has 0 spiro atoms. The van der Waals surface area contributed by atoms with E-state index in [9.17, 15) is 4.79 Å². The lowest BCUT2D eigenvalue weighted by Crippen LogP contribution is -2.35. The molecule has 0 amide bonds. The first kappa shape index (κ1) is 23.7. The van der Waals surface area contributed by atoms with Crippen LogP contribution in [0.15, 0.2) is 65.5 Å². The molecule has 184 valence electrons. The van der Waals surface area contributed by atoms with Crippen LogP contribution in [-0.2, 0) is 13.1 Å². The molecular formula is C28H27N3O4S. The van der Waals surface area contributed by atoms with Crippen LogP contribution < -0.4 is 25.1 Å². The lowest BCUT2D eigenvalue weighted by molar-refractivity contribution is 0.174. The minimum absolute atomic E-state index is 0.155. The van der Waals surface area contributed by atoms with Crippen molar-refractivity contribution in [3.05, 3.63) is 93.3 Å². The fraction of sp³-hybridized carbons (Fsp3) is 0.214. The minimum atomic E-state index is -0.155. The lowest BCUT2D eigenvalue weighted by Gasteiger charge is -2.27. The van der Waals surface area contributed by atoms with Gasteiger partial charge in [-0.2, -0.15) is 0 Å². The third-order valence-corrected chi connectivity index (χ3v) is 6.57. The second-order valence-electron chi connectivity index (χ2n) is 8.87. The van der Waals surface area contributed by atoms with Gasteiger partial charge >= 0.3 is 0 Å². The average molecular weight is 502 g/mol. The maximum absolute atomic E-state index is 13.0. The molecule has 36 heavy (non-hydrogen) atoms. The summed E-state index contributed by atoms with van der Waals surface area (Å²) in [4.78, 5) is 17.9. The van der Waals surface area contributed by atoms with Crippen LogP contribution in [-0.4, -0.2) is 28.9 Å². The van der Waals surface area contributed by atoms with Crippen LogP contribution >= 0.6 is 12.2 Å². The van der Waals surface area contributed by atoms with Gasteiger partial charge in [-0.1, -0.05) is 23.8 Å². The van der Waals surface area contributed by atoms with Gasteiger partial charge in [0.25, 0.3) is 5.56 Å². The monoisotopic (exact) mass is 501 g/mol. The molecule has 2 N–H and O–H groups in total. The summed E-state index contributed by atoms with van der Waals surface area (Å²) in [6, 6.07) is 19.5. The summed E-state index contributed by atoms with van der Waals surface area (Å²) in [7, 11) is 1.62. The van der Waals surface area contributed by atoms with Crippen molar-refractivity contribution < 1.29 is 14.2 Å². The van der Waals surface area contributed by atoms with Gasteiger partial charge in [-0.25, -0.2) is 0 Å². The normalized spacial score (nSPS) is 12.0. The van der Waals surface area contributed by atoms with Crippen molar-refractivity contribution >= 4 is 33.9 Å². The highest BCUT2D eigenvalue weighted by atomic mass is 32.1. The number of pyridine rings is 1. The number of aromatic nitrogens is 1. The molecule has 2 heterocycles. The maximum atomic E-state index is 13.0. The number of rotatable bonds is 6. The molecule has 1 aliphatic rings. The molecule has 8 heteroatoms. The van der Waals surface area contributed by atoms with Crippen molar-refractivity contribution in [3.8, 4) is 17.2 Å². The molecule has 0 unspecified atom stereocenters. The zero-order valence-corrected chi connectivity index (χ0v) is 21.2. The Morgan fingerprint density at radius 2 is 1.86 bits per heavy atom. The van der Waals surface area contributed by atoms with E-state index in [1.165, 1.54) is 5.56 Å². The Morgan fingerprint density at radius 1 is 1.03 bits per heavy atom. The second kappa shape index (κ2) is 9.91. The van der Waals surface area contributed by atoms with Crippen LogP contribution in [0.1, 0.15) is 22.3 Å². The number of nitrogens with one attached hydrogen (secondary N) is 2. The van der Waals surface area contributed by atoms with Gasteiger partial charge in [0.2, 0.25) is 6.79 Å². The quantitative estimate of drug-likeness (QED) is 0.348. The molecular weight excluding hydrogens is 474 g/mol. The molecule has 0 aliphatic carbocycles. The van der Waals surface area contributed by atoms with Gasteiger partial charge in [-0.05, 0) is 79.7 Å². The standard InChI is InChI=1S/C28H27N3O4S/c1-17-4-7-23(18(2)10-17)30-28(36)31(14-19-5-9-25-26(11-19)35-16-34-25)15-21-12-20-13-22(33-3)6-8-24(20)29-27(21)32/h4-13H,14-16H2,1-3H3,(H,29,32)(H,30,36). The zero-order valence-electron chi connectivity index (χ0n) is 20.4. The van der Waals surface area contributed by atoms with E-state index in [0.29, 0.717) is 29.5 Å². The number of ether oxygens (including phenoxy) is 3. The molecule has 7 nitrogen and oxygen atoms in total. The smallest absolute Gasteiger partial charge is 0.253 e. The van der Waals surface area contributed by atoms with Gasteiger partial charge < -0.3 is 29.4 Å². The number of hydrogen-bond donors (Lipinski definition) is 2.